The van der Waals surface area contributed by atoms with Crippen LogP contribution in [0.2, 0.25) is 0 Å². The van der Waals surface area contributed by atoms with Gasteiger partial charge in [0.25, 0.3) is 0 Å². The maximum atomic E-state index is 5.73. The molecule has 3 nitrogen and oxygen atoms in total. The van der Waals surface area contributed by atoms with Crippen molar-refractivity contribution in [2.24, 2.45) is 5.84 Å². The van der Waals surface area contributed by atoms with Crippen molar-refractivity contribution in [2.75, 3.05) is 7.11 Å². The third kappa shape index (κ3) is 6.81. The van der Waals surface area contributed by atoms with Gasteiger partial charge in [-0.05, 0) is 30.2 Å². The average Bonchev–Trinajstić information content (AvgIpc) is 2.51. The van der Waals surface area contributed by atoms with Crippen molar-refractivity contribution < 1.29 is 4.74 Å². The molecule has 120 valence electrons. The molecule has 1 unspecified atom stereocenters. The van der Waals surface area contributed by atoms with Gasteiger partial charge in [0.05, 0.1) is 7.11 Å². The zero-order valence-electron chi connectivity index (χ0n) is 13.3. The highest BCUT2D eigenvalue weighted by molar-refractivity contribution is 9.10. The van der Waals surface area contributed by atoms with Crippen LogP contribution in [-0.2, 0) is 0 Å². The molecule has 0 aromatic heterocycles. The van der Waals surface area contributed by atoms with E-state index in [1.165, 1.54) is 50.5 Å². The molecule has 0 spiro atoms. The van der Waals surface area contributed by atoms with Gasteiger partial charge in [-0.1, -0.05) is 67.8 Å². The molecule has 0 saturated carbocycles. The fourth-order valence-electron chi connectivity index (χ4n) is 2.55. The molecule has 0 aliphatic rings. The summed E-state index contributed by atoms with van der Waals surface area (Å²) in [5, 5.41) is 0. The number of nitrogens with one attached hydrogen (secondary N) is 1. The second-order valence-electron chi connectivity index (χ2n) is 5.52. The number of unbranched alkanes of at least 4 members (excludes halogenated alkanes) is 6. The monoisotopic (exact) mass is 356 g/mol. The van der Waals surface area contributed by atoms with Gasteiger partial charge in [0.15, 0.2) is 0 Å². The van der Waals surface area contributed by atoms with E-state index in [2.05, 4.69) is 34.3 Å². The lowest BCUT2D eigenvalue weighted by Gasteiger charge is -2.18. The summed E-state index contributed by atoms with van der Waals surface area (Å²) in [4.78, 5) is 0. The number of ether oxygens (including phenoxy) is 1. The van der Waals surface area contributed by atoms with E-state index in [1.54, 1.807) is 7.11 Å². The van der Waals surface area contributed by atoms with E-state index < -0.39 is 0 Å². The van der Waals surface area contributed by atoms with E-state index in [-0.39, 0.29) is 6.04 Å². The first-order chi connectivity index (χ1) is 10.2. The molecule has 21 heavy (non-hydrogen) atoms. The second-order valence-corrected chi connectivity index (χ2v) is 6.37. The van der Waals surface area contributed by atoms with Crippen molar-refractivity contribution in [3.8, 4) is 5.75 Å². The van der Waals surface area contributed by atoms with Crippen LogP contribution in [0, 0.1) is 0 Å². The van der Waals surface area contributed by atoms with E-state index >= 15 is 0 Å². The van der Waals surface area contributed by atoms with Gasteiger partial charge >= 0.3 is 0 Å². The lowest BCUT2D eigenvalue weighted by atomic mass is 9.99. The van der Waals surface area contributed by atoms with Gasteiger partial charge in [0.1, 0.15) is 5.75 Å². The summed E-state index contributed by atoms with van der Waals surface area (Å²) in [5.74, 6) is 6.60. The molecule has 0 heterocycles. The number of rotatable bonds is 11. The van der Waals surface area contributed by atoms with Crippen molar-refractivity contribution in [3.05, 3.63) is 28.2 Å². The standard InChI is InChI=1S/C17H29BrN2O/c1-3-4-5-6-7-8-9-10-17(20-19)15-13-14(21-2)11-12-16(15)18/h11-13,17,20H,3-10,19H2,1-2H3. The Labute approximate surface area is 137 Å². The number of hydrogen-bond acceptors (Lipinski definition) is 3. The maximum absolute atomic E-state index is 5.73. The molecular formula is C17H29BrN2O. The molecule has 1 aromatic rings. The van der Waals surface area contributed by atoms with Crippen LogP contribution in [-0.4, -0.2) is 7.11 Å². The summed E-state index contributed by atoms with van der Waals surface area (Å²) >= 11 is 3.60. The van der Waals surface area contributed by atoms with Gasteiger partial charge in [-0.25, -0.2) is 0 Å². The van der Waals surface area contributed by atoms with Crippen molar-refractivity contribution in [1.82, 2.24) is 5.43 Å². The first kappa shape index (κ1) is 18.5. The second kappa shape index (κ2) is 11.0. The lowest BCUT2D eigenvalue weighted by molar-refractivity contribution is 0.411. The Morgan fingerprint density at radius 1 is 1.14 bits per heavy atom. The molecule has 0 bridgehead atoms. The molecule has 3 N–H and O–H groups in total. The van der Waals surface area contributed by atoms with Crippen LogP contribution in [0.5, 0.6) is 5.75 Å². The molecule has 0 aliphatic carbocycles. The maximum Gasteiger partial charge on any atom is 0.119 e. The molecule has 4 heteroatoms. The smallest absolute Gasteiger partial charge is 0.119 e. The molecule has 0 radical (unpaired) electrons. The first-order valence-corrected chi connectivity index (χ1v) is 8.81. The minimum atomic E-state index is 0.171. The van der Waals surface area contributed by atoms with Crippen molar-refractivity contribution >= 4 is 15.9 Å². The Kier molecular flexibility index (Phi) is 9.72. The number of hydrogen-bond donors (Lipinski definition) is 2. The van der Waals surface area contributed by atoms with Crippen LogP contribution in [0.25, 0.3) is 0 Å². The Morgan fingerprint density at radius 2 is 1.81 bits per heavy atom. The van der Waals surface area contributed by atoms with Crippen LogP contribution in [0.1, 0.15) is 69.9 Å². The number of halogens is 1. The number of hydrazine groups is 1. The Morgan fingerprint density at radius 3 is 2.43 bits per heavy atom. The number of methoxy groups -OCH3 is 1. The average molecular weight is 357 g/mol. The van der Waals surface area contributed by atoms with Crippen molar-refractivity contribution in [2.45, 2.75) is 64.3 Å². The summed E-state index contributed by atoms with van der Waals surface area (Å²) in [5.41, 5.74) is 4.11. The Hall–Kier alpha value is -0.580. The van der Waals surface area contributed by atoms with Gasteiger partial charge in [0.2, 0.25) is 0 Å². The van der Waals surface area contributed by atoms with E-state index in [0.717, 1.165) is 16.6 Å². The largest absolute Gasteiger partial charge is 0.497 e. The zero-order valence-corrected chi connectivity index (χ0v) is 14.9. The van der Waals surface area contributed by atoms with Crippen LogP contribution in [0.15, 0.2) is 22.7 Å². The minimum absolute atomic E-state index is 0.171. The molecule has 1 rings (SSSR count). The topological polar surface area (TPSA) is 47.3 Å². The van der Waals surface area contributed by atoms with E-state index in [0.29, 0.717) is 0 Å². The Balaban J connectivity index is 2.40. The highest BCUT2D eigenvalue weighted by atomic mass is 79.9. The third-order valence-electron chi connectivity index (χ3n) is 3.88. The van der Waals surface area contributed by atoms with Gasteiger partial charge in [-0.15, -0.1) is 0 Å². The summed E-state index contributed by atoms with van der Waals surface area (Å²) in [6, 6.07) is 6.19. The molecule has 0 aliphatic heterocycles. The predicted molar refractivity (Wildman–Crippen MR) is 93.4 cm³/mol. The molecular weight excluding hydrogens is 328 g/mol. The summed E-state index contributed by atoms with van der Waals surface area (Å²) in [6.07, 6.45) is 10.3. The van der Waals surface area contributed by atoms with Gasteiger partial charge in [-0.2, -0.15) is 0 Å². The lowest BCUT2D eigenvalue weighted by Crippen LogP contribution is -2.28. The normalized spacial score (nSPS) is 12.4. The van der Waals surface area contributed by atoms with Gasteiger partial charge < -0.3 is 4.74 Å². The molecule has 0 saturated heterocycles. The summed E-state index contributed by atoms with van der Waals surface area (Å²) in [7, 11) is 1.69. The SMILES string of the molecule is CCCCCCCCCC(NN)c1cc(OC)ccc1Br. The fourth-order valence-corrected chi connectivity index (χ4v) is 3.07. The summed E-state index contributed by atoms with van der Waals surface area (Å²) in [6.45, 7) is 2.25. The van der Waals surface area contributed by atoms with Crippen molar-refractivity contribution in [3.63, 3.8) is 0 Å². The number of nitrogens with two attached hydrogens (primary N) is 1. The Bertz CT molecular complexity index is 398. The van der Waals surface area contributed by atoms with Crippen LogP contribution in [0.3, 0.4) is 0 Å². The molecule has 0 fully saturated rings. The fraction of sp³-hybridized carbons (Fsp3) is 0.647. The first-order valence-electron chi connectivity index (χ1n) is 8.02. The quantitative estimate of drug-likeness (QED) is 0.329. The third-order valence-corrected chi connectivity index (χ3v) is 4.60. The van der Waals surface area contributed by atoms with Crippen LogP contribution in [0.4, 0.5) is 0 Å². The highest BCUT2D eigenvalue weighted by Gasteiger charge is 2.13. The molecule has 1 aromatic carbocycles. The highest BCUT2D eigenvalue weighted by Crippen LogP contribution is 2.30. The molecule has 1 atom stereocenters. The van der Waals surface area contributed by atoms with E-state index in [9.17, 15) is 0 Å². The minimum Gasteiger partial charge on any atom is -0.497 e. The van der Waals surface area contributed by atoms with E-state index in [1.807, 2.05) is 12.1 Å². The van der Waals surface area contributed by atoms with Crippen LogP contribution < -0.4 is 16.0 Å². The molecule has 0 amide bonds. The predicted octanol–water partition coefficient (Wildman–Crippen LogP) is 5.10. The number of benzene rings is 1. The van der Waals surface area contributed by atoms with Crippen LogP contribution >= 0.6 is 15.9 Å². The van der Waals surface area contributed by atoms with Gasteiger partial charge in [0, 0.05) is 10.5 Å². The van der Waals surface area contributed by atoms with E-state index in [4.69, 9.17) is 10.6 Å². The summed E-state index contributed by atoms with van der Waals surface area (Å²) < 4.78 is 6.37. The van der Waals surface area contributed by atoms with Gasteiger partial charge in [-0.3, -0.25) is 11.3 Å². The van der Waals surface area contributed by atoms with Crippen molar-refractivity contribution in [1.29, 1.82) is 0 Å². The zero-order chi connectivity index (χ0) is 15.5.